The minimum atomic E-state index is 0.186. The van der Waals surface area contributed by atoms with E-state index in [4.69, 9.17) is 15.2 Å². The Morgan fingerprint density at radius 3 is 2.26 bits per heavy atom. The van der Waals surface area contributed by atoms with Gasteiger partial charge in [-0.3, -0.25) is 0 Å². The van der Waals surface area contributed by atoms with Crippen LogP contribution in [0.15, 0.2) is 84.9 Å². The van der Waals surface area contributed by atoms with Gasteiger partial charge in [-0.1, -0.05) is 36.4 Å². The van der Waals surface area contributed by atoms with Crippen LogP contribution in [0.4, 0.5) is 5.82 Å². The third-order valence-corrected chi connectivity index (χ3v) is 4.77. The zero-order valence-electron chi connectivity index (χ0n) is 17.1. The molecule has 0 fully saturated rings. The summed E-state index contributed by atoms with van der Waals surface area (Å²) in [4.78, 5) is 4.46. The summed E-state index contributed by atoms with van der Waals surface area (Å²) in [6.45, 7) is 2.45. The van der Waals surface area contributed by atoms with Crippen LogP contribution < -0.4 is 15.2 Å². The van der Waals surface area contributed by atoms with E-state index in [1.54, 1.807) is 0 Å². The fourth-order valence-corrected chi connectivity index (χ4v) is 3.33. The highest BCUT2D eigenvalue weighted by atomic mass is 16.5. The molecule has 0 radical (unpaired) electrons. The molecule has 0 atom stereocenters. The first-order valence-electron chi connectivity index (χ1n) is 9.95. The van der Waals surface area contributed by atoms with Gasteiger partial charge in [-0.15, -0.1) is 0 Å². The predicted octanol–water partition coefficient (Wildman–Crippen LogP) is 6.06. The van der Waals surface area contributed by atoms with Crippen LogP contribution in [0.2, 0.25) is 0 Å². The summed E-state index contributed by atoms with van der Waals surface area (Å²) in [5.41, 5.74) is 9.53. The van der Waals surface area contributed by atoms with Crippen molar-refractivity contribution in [3.63, 3.8) is 0 Å². The molecule has 5 nitrogen and oxygen atoms in total. The summed E-state index contributed by atoms with van der Waals surface area (Å²) in [6, 6.07) is 28.9. The highest BCUT2D eigenvalue weighted by Crippen LogP contribution is 2.36. The van der Waals surface area contributed by atoms with Crippen LogP contribution in [0.5, 0.6) is 17.2 Å². The Balaban J connectivity index is 1.73. The largest absolute Gasteiger partial charge is 0.493 e. The van der Waals surface area contributed by atoms with Gasteiger partial charge in [-0.05, 0) is 55.5 Å². The molecule has 0 spiro atoms. The quantitative estimate of drug-likeness (QED) is 0.420. The predicted molar refractivity (Wildman–Crippen MR) is 122 cm³/mol. The topological polar surface area (TPSA) is 81.2 Å². The molecule has 0 aliphatic heterocycles. The van der Waals surface area contributed by atoms with Crippen LogP contribution >= 0.6 is 0 Å². The Labute approximate surface area is 181 Å². The maximum Gasteiger partial charge on any atom is 0.142 e. The molecule has 31 heavy (non-hydrogen) atoms. The molecule has 0 amide bonds. The molecule has 0 aliphatic rings. The van der Waals surface area contributed by atoms with E-state index in [1.807, 2.05) is 91.9 Å². The van der Waals surface area contributed by atoms with Crippen molar-refractivity contribution in [3.05, 3.63) is 90.5 Å². The molecule has 0 saturated heterocycles. The molecule has 0 bridgehead atoms. The number of para-hydroxylation sites is 2. The summed E-state index contributed by atoms with van der Waals surface area (Å²) in [5.74, 6) is 2.37. The lowest BCUT2D eigenvalue weighted by Gasteiger charge is -2.14. The van der Waals surface area contributed by atoms with Crippen molar-refractivity contribution in [2.75, 3.05) is 12.3 Å². The van der Waals surface area contributed by atoms with Gasteiger partial charge in [-0.25, -0.2) is 4.98 Å². The van der Waals surface area contributed by atoms with E-state index in [9.17, 15) is 5.26 Å². The zero-order valence-corrected chi connectivity index (χ0v) is 17.1. The number of nitrogens with zero attached hydrogens (tertiary/aromatic N) is 2. The molecule has 0 aliphatic carbocycles. The summed E-state index contributed by atoms with van der Waals surface area (Å²) < 4.78 is 11.6. The monoisotopic (exact) mass is 407 g/mol. The number of nitrogens with two attached hydrogens (primary N) is 1. The number of benzene rings is 3. The Morgan fingerprint density at radius 2 is 1.55 bits per heavy atom. The number of ether oxygens (including phenoxy) is 2. The third-order valence-electron chi connectivity index (χ3n) is 4.77. The number of aromatic nitrogens is 1. The van der Waals surface area contributed by atoms with Gasteiger partial charge < -0.3 is 15.2 Å². The minimum absolute atomic E-state index is 0.186. The highest BCUT2D eigenvalue weighted by molar-refractivity contribution is 5.83. The molecule has 1 heterocycles. The van der Waals surface area contributed by atoms with Crippen LogP contribution in [0.3, 0.4) is 0 Å². The standard InChI is InChI=1S/C26H21N3O2/c1-2-30-25-11-7-6-10-21(25)22-16-24(29-26(28)23(22)17-27)18-12-14-20(15-13-18)31-19-8-4-3-5-9-19/h3-16H,2H2,1H3,(H2,28,29). The molecule has 0 unspecified atom stereocenters. The molecule has 5 heteroatoms. The number of anilines is 1. The lowest BCUT2D eigenvalue weighted by Crippen LogP contribution is -2.01. The van der Waals surface area contributed by atoms with Crippen LogP contribution in [0, 0.1) is 11.3 Å². The smallest absolute Gasteiger partial charge is 0.142 e. The molecule has 0 saturated carbocycles. The maximum absolute atomic E-state index is 9.69. The Morgan fingerprint density at radius 1 is 0.871 bits per heavy atom. The van der Waals surface area contributed by atoms with E-state index < -0.39 is 0 Å². The van der Waals surface area contributed by atoms with Gasteiger partial charge in [-0.2, -0.15) is 5.26 Å². The molecule has 3 aromatic carbocycles. The second-order valence-electron chi connectivity index (χ2n) is 6.80. The number of hydrogen-bond donors (Lipinski definition) is 1. The second-order valence-corrected chi connectivity index (χ2v) is 6.80. The molecule has 152 valence electrons. The normalized spacial score (nSPS) is 10.3. The van der Waals surface area contributed by atoms with Crippen molar-refractivity contribution in [2.45, 2.75) is 6.92 Å². The maximum atomic E-state index is 9.69. The Bertz CT molecular complexity index is 1230. The minimum Gasteiger partial charge on any atom is -0.493 e. The number of rotatable bonds is 6. The van der Waals surface area contributed by atoms with Gasteiger partial charge in [0, 0.05) is 16.7 Å². The Hall–Kier alpha value is -4.30. The van der Waals surface area contributed by atoms with Crippen LogP contribution in [-0.2, 0) is 0 Å². The number of nitrogen functional groups attached to an aromatic ring is 1. The summed E-state index contributed by atoms with van der Waals surface area (Å²) in [6.07, 6.45) is 0. The van der Waals surface area contributed by atoms with Crippen LogP contribution in [0.25, 0.3) is 22.4 Å². The van der Waals surface area contributed by atoms with E-state index in [0.717, 1.165) is 22.6 Å². The van der Waals surface area contributed by atoms with Crippen LogP contribution in [0.1, 0.15) is 12.5 Å². The summed E-state index contributed by atoms with van der Waals surface area (Å²) >= 11 is 0. The Kier molecular flexibility index (Phi) is 5.82. The van der Waals surface area contributed by atoms with Gasteiger partial charge in [0.05, 0.1) is 12.3 Å². The summed E-state index contributed by atoms with van der Waals surface area (Å²) in [5, 5.41) is 9.69. The fraction of sp³-hybridized carbons (Fsp3) is 0.0769. The van der Waals surface area contributed by atoms with E-state index in [0.29, 0.717) is 29.2 Å². The van der Waals surface area contributed by atoms with Gasteiger partial charge in [0.15, 0.2) is 0 Å². The molecule has 2 N–H and O–H groups in total. The number of hydrogen-bond acceptors (Lipinski definition) is 5. The molecular formula is C26H21N3O2. The second kappa shape index (κ2) is 9.02. The first-order chi connectivity index (χ1) is 15.2. The number of pyridine rings is 1. The van der Waals surface area contributed by atoms with Gasteiger partial charge in [0.1, 0.15) is 34.7 Å². The first-order valence-corrected chi connectivity index (χ1v) is 9.95. The third kappa shape index (κ3) is 4.34. The van der Waals surface area contributed by atoms with Gasteiger partial charge >= 0.3 is 0 Å². The molecule has 4 aromatic rings. The average molecular weight is 407 g/mol. The van der Waals surface area contributed by atoms with E-state index >= 15 is 0 Å². The van der Waals surface area contributed by atoms with Crippen molar-refractivity contribution in [3.8, 4) is 45.7 Å². The fourth-order valence-electron chi connectivity index (χ4n) is 3.33. The van der Waals surface area contributed by atoms with E-state index in [-0.39, 0.29) is 5.82 Å². The lowest BCUT2D eigenvalue weighted by molar-refractivity contribution is 0.341. The van der Waals surface area contributed by atoms with Crippen molar-refractivity contribution < 1.29 is 9.47 Å². The average Bonchev–Trinajstić information content (AvgIpc) is 2.80. The highest BCUT2D eigenvalue weighted by Gasteiger charge is 2.16. The van der Waals surface area contributed by atoms with Crippen molar-refractivity contribution in [1.82, 2.24) is 4.98 Å². The SMILES string of the molecule is CCOc1ccccc1-c1cc(-c2ccc(Oc3ccccc3)cc2)nc(N)c1C#N. The lowest BCUT2D eigenvalue weighted by atomic mass is 9.97. The molecular weight excluding hydrogens is 386 g/mol. The summed E-state index contributed by atoms with van der Waals surface area (Å²) in [7, 11) is 0. The zero-order chi connectivity index (χ0) is 21.6. The van der Waals surface area contributed by atoms with Crippen molar-refractivity contribution in [2.24, 2.45) is 0 Å². The van der Waals surface area contributed by atoms with Crippen molar-refractivity contribution in [1.29, 1.82) is 5.26 Å². The van der Waals surface area contributed by atoms with E-state index in [1.165, 1.54) is 0 Å². The van der Waals surface area contributed by atoms with Crippen LogP contribution in [-0.4, -0.2) is 11.6 Å². The first kappa shape index (κ1) is 20.0. The van der Waals surface area contributed by atoms with Gasteiger partial charge in [0.2, 0.25) is 0 Å². The van der Waals surface area contributed by atoms with Crippen molar-refractivity contribution >= 4 is 5.82 Å². The van der Waals surface area contributed by atoms with E-state index in [2.05, 4.69) is 11.1 Å². The number of nitriles is 1. The van der Waals surface area contributed by atoms with Gasteiger partial charge in [0.25, 0.3) is 0 Å². The molecule has 1 aromatic heterocycles. The molecule has 4 rings (SSSR count).